The molecular weight excluding hydrogens is 364 g/mol. The van der Waals surface area contributed by atoms with Gasteiger partial charge in [-0.1, -0.05) is 13.8 Å². The van der Waals surface area contributed by atoms with Gasteiger partial charge in [-0.05, 0) is 31.1 Å². The number of carbonyl (C=O) groups excluding carboxylic acids is 1. The zero-order chi connectivity index (χ0) is 19.2. The van der Waals surface area contributed by atoms with Gasteiger partial charge in [0.25, 0.3) is 0 Å². The van der Waals surface area contributed by atoms with Crippen molar-refractivity contribution in [2.24, 2.45) is 11.8 Å². The van der Waals surface area contributed by atoms with Gasteiger partial charge in [-0.2, -0.15) is 0 Å². The molecule has 2 atom stereocenters. The molecule has 27 heavy (non-hydrogen) atoms. The summed E-state index contributed by atoms with van der Waals surface area (Å²) in [5.41, 5.74) is 1.49. The van der Waals surface area contributed by atoms with Crippen molar-refractivity contribution in [1.82, 2.24) is 14.9 Å². The van der Waals surface area contributed by atoms with E-state index >= 15 is 0 Å². The lowest BCUT2D eigenvalue weighted by atomic mass is 10.00. The highest BCUT2D eigenvalue weighted by Gasteiger charge is 2.48. The third-order valence-corrected chi connectivity index (χ3v) is 7.98. The molecule has 0 aromatic carbocycles. The summed E-state index contributed by atoms with van der Waals surface area (Å²) in [6.45, 7) is 5.77. The average molecular weight is 393 g/mol. The van der Waals surface area contributed by atoms with E-state index in [1.807, 2.05) is 0 Å². The predicted octanol–water partition coefficient (Wildman–Crippen LogP) is 1.96. The van der Waals surface area contributed by atoms with Crippen molar-refractivity contribution in [2.75, 3.05) is 25.0 Å². The van der Waals surface area contributed by atoms with Crippen LogP contribution >= 0.6 is 0 Å². The van der Waals surface area contributed by atoms with Crippen LogP contribution < -0.4 is 5.32 Å². The number of rotatable bonds is 6. The molecule has 8 heteroatoms. The highest BCUT2D eigenvalue weighted by molar-refractivity contribution is 7.91. The monoisotopic (exact) mass is 392 g/mol. The Labute approximate surface area is 160 Å². The first kappa shape index (κ1) is 18.7. The number of aromatic nitrogens is 2. The van der Waals surface area contributed by atoms with Gasteiger partial charge in [0.05, 0.1) is 16.7 Å². The number of hydrogen-bond donors (Lipinski definition) is 1. The van der Waals surface area contributed by atoms with Crippen molar-refractivity contribution in [2.45, 2.75) is 56.5 Å². The van der Waals surface area contributed by atoms with E-state index in [-0.39, 0.29) is 24.1 Å². The topological polar surface area (TPSA) is 92.3 Å². The Hall–Kier alpha value is -1.70. The van der Waals surface area contributed by atoms with Crippen LogP contribution in [-0.2, 0) is 20.4 Å². The fourth-order valence-electron chi connectivity index (χ4n) is 3.99. The van der Waals surface area contributed by atoms with E-state index in [1.165, 1.54) is 12.8 Å². The minimum Gasteiger partial charge on any atom is -0.354 e. The quantitative estimate of drug-likeness (QED) is 0.796. The van der Waals surface area contributed by atoms with Crippen LogP contribution in [0.25, 0.3) is 0 Å². The lowest BCUT2D eigenvalue weighted by molar-refractivity contribution is -0.130. The van der Waals surface area contributed by atoms with Crippen LogP contribution in [0.15, 0.2) is 6.20 Å². The molecule has 3 aliphatic rings. The summed E-state index contributed by atoms with van der Waals surface area (Å²) in [5, 5.41) is 2.73. The first-order valence-electron chi connectivity index (χ1n) is 9.92. The van der Waals surface area contributed by atoms with Crippen LogP contribution in [0.2, 0.25) is 0 Å². The van der Waals surface area contributed by atoms with Crippen LogP contribution in [0.1, 0.15) is 56.7 Å². The maximum absolute atomic E-state index is 12.8. The van der Waals surface area contributed by atoms with E-state index in [1.54, 1.807) is 11.1 Å². The minimum absolute atomic E-state index is 0.0274. The van der Waals surface area contributed by atoms with E-state index in [4.69, 9.17) is 0 Å². The molecule has 1 aromatic heterocycles. The fourth-order valence-corrected chi connectivity index (χ4v) is 5.99. The van der Waals surface area contributed by atoms with Crippen molar-refractivity contribution in [3.8, 4) is 0 Å². The third kappa shape index (κ3) is 3.95. The molecule has 0 spiro atoms. The molecule has 3 heterocycles. The summed E-state index contributed by atoms with van der Waals surface area (Å²) >= 11 is 0. The molecule has 2 fully saturated rings. The molecule has 0 bridgehead atoms. The van der Waals surface area contributed by atoms with Crippen molar-refractivity contribution >= 4 is 21.7 Å². The second kappa shape index (κ2) is 7.04. The highest BCUT2D eigenvalue weighted by atomic mass is 32.2. The zero-order valence-electron chi connectivity index (χ0n) is 16.0. The van der Waals surface area contributed by atoms with Gasteiger partial charge in [0.2, 0.25) is 11.9 Å². The summed E-state index contributed by atoms with van der Waals surface area (Å²) in [6.07, 6.45) is 5.44. The Morgan fingerprint density at radius 2 is 2.11 bits per heavy atom. The molecule has 0 radical (unpaired) electrons. The maximum atomic E-state index is 12.8. The number of carbonyl (C=O) groups is 1. The normalized spacial score (nSPS) is 26.0. The Bertz CT molecular complexity index is 835. The summed E-state index contributed by atoms with van der Waals surface area (Å²) in [4.78, 5) is 23.3. The van der Waals surface area contributed by atoms with Gasteiger partial charge in [0.1, 0.15) is 0 Å². The summed E-state index contributed by atoms with van der Waals surface area (Å²) in [6, 6.07) is 0. The molecule has 1 aromatic rings. The second-order valence-corrected chi connectivity index (χ2v) is 10.8. The predicted molar refractivity (Wildman–Crippen MR) is 103 cm³/mol. The van der Waals surface area contributed by atoms with E-state index in [0.29, 0.717) is 36.3 Å². The van der Waals surface area contributed by atoms with E-state index < -0.39 is 15.1 Å². The van der Waals surface area contributed by atoms with Gasteiger partial charge in [0, 0.05) is 43.7 Å². The molecule has 0 unspecified atom stereocenters. The van der Waals surface area contributed by atoms with E-state index in [2.05, 4.69) is 29.1 Å². The van der Waals surface area contributed by atoms with Gasteiger partial charge in [-0.3, -0.25) is 4.79 Å². The molecule has 4 rings (SSSR count). The summed E-state index contributed by atoms with van der Waals surface area (Å²) in [5.74, 6) is 1.51. The minimum atomic E-state index is -3.29. The van der Waals surface area contributed by atoms with Crippen LogP contribution in [0.5, 0.6) is 0 Å². The van der Waals surface area contributed by atoms with Crippen LogP contribution in [0, 0.1) is 11.8 Å². The van der Waals surface area contributed by atoms with Gasteiger partial charge < -0.3 is 10.2 Å². The summed E-state index contributed by atoms with van der Waals surface area (Å²) < 4.78 is 25.5. The van der Waals surface area contributed by atoms with E-state index in [9.17, 15) is 13.2 Å². The Morgan fingerprint density at radius 1 is 1.33 bits per heavy atom. The standard InChI is InChI=1S/C19H28N4O3S/c1-12(2)3-6-17(24)23-9-15-16(10-23)27(25,26)11-14-8-21-19(22-18(14)15)20-7-13-4-5-13/h8,12-13,15-16H,3-7,9-11H2,1-2H3,(H,20,21,22)/t15-,16-/m0/s1. The third-order valence-electron chi connectivity index (χ3n) is 5.87. The second-order valence-electron chi connectivity index (χ2n) is 8.61. The van der Waals surface area contributed by atoms with Gasteiger partial charge >= 0.3 is 0 Å². The van der Waals surface area contributed by atoms with Gasteiger partial charge in [0.15, 0.2) is 9.84 Å². The first-order valence-corrected chi connectivity index (χ1v) is 11.6. The number of nitrogens with zero attached hydrogens (tertiary/aromatic N) is 3. The highest BCUT2D eigenvalue weighted by Crippen LogP contribution is 2.39. The average Bonchev–Trinajstić information content (AvgIpc) is 3.32. The fraction of sp³-hybridized carbons (Fsp3) is 0.737. The van der Waals surface area contributed by atoms with Crippen LogP contribution in [0.3, 0.4) is 0 Å². The SMILES string of the molecule is CC(C)CCC(=O)N1C[C@@H]2c3nc(NCC4CC4)ncc3CS(=O)(=O)[C@H]2C1. The Balaban J connectivity index is 1.54. The lowest BCUT2D eigenvalue weighted by Gasteiger charge is -2.26. The van der Waals surface area contributed by atoms with Crippen LogP contribution in [0.4, 0.5) is 5.95 Å². The van der Waals surface area contributed by atoms with Crippen LogP contribution in [-0.4, -0.2) is 54.1 Å². The summed E-state index contributed by atoms with van der Waals surface area (Å²) in [7, 11) is -3.29. The number of amides is 1. The number of hydrogen-bond acceptors (Lipinski definition) is 6. The van der Waals surface area contributed by atoms with Crippen molar-refractivity contribution < 1.29 is 13.2 Å². The Morgan fingerprint density at radius 3 is 2.81 bits per heavy atom. The number of nitrogens with one attached hydrogen (secondary N) is 1. The first-order chi connectivity index (χ1) is 12.8. The van der Waals surface area contributed by atoms with Crippen molar-refractivity contribution in [3.63, 3.8) is 0 Å². The Kier molecular flexibility index (Phi) is 4.86. The largest absolute Gasteiger partial charge is 0.354 e. The number of likely N-dealkylation sites (tertiary alicyclic amines) is 1. The number of fused-ring (bicyclic) bond motifs is 3. The molecule has 2 aliphatic heterocycles. The molecule has 1 saturated carbocycles. The van der Waals surface area contributed by atoms with Gasteiger partial charge in [-0.25, -0.2) is 18.4 Å². The molecule has 1 saturated heterocycles. The maximum Gasteiger partial charge on any atom is 0.222 e. The van der Waals surface area contributed by atoms with Gasteiger partial charge in [-0.15, -0.1) is 0 Å². The number of anilines is 1. The van der Waals surface area contributed by atoms with Crippen molar-refractivity contribution in [3.05, 3.63) is 17.5 Å². The molecular formula is C19H28N4O3S. The smallest absolute Gasteiger partial charge is 0.222 e. The van der Waals surface area contributed by atoms with E-state index in [0.717, 1.165) is 18.7 Å². The number of sulfone groups is 1. The lowest BCUT2D eigenvalue weighted by Crippen LogP contribution is -2.35. The molecule has 7 nitrogen and oxygen atoms in total. The molecule has 1 amide bonds. The molecule has 1 aliphatic carbocycles. The van der Waals surface area contributed by atoms with Crippen molar-refractivity contribution in [1.29, 1.82) is 0 Å². The molecule has 1 N–H and O–H groups in total. The zero-order valence-corrected chi connectivity index (χ0v) is 16.8. The molecule has 148 valence electrons.